The van der Waals surface area contributed by atoms with Gasteiger partial charge in [0.05, 0.1) is 13.0 Å². The topological polar surface area (TPSA) is 9.23 Å². The van der Waals surface area contributed by atoms with Crippen LogP contribution >= 0.6 is 0 Å². The Kier molecular flexibility index (Phi) is 13.6. The number of benzene rings is 2. The van der Waals surface area contributed by atoms with E-state index in [9.17, 15) is 8.78 Å². The average Bonchev–Trinajstić information content (AvgIpc) is 3.01. The van der Waals surface area contributed by atoms with Gasteiger partial charge in [-0.3, -0.25) is 0 Å². The van der Waals surface area contributed by atoms with Crippen LogP contribution in [-0.4, -0.2) is 6.11 Å². The summed E-state index contributed by atoms with van der Waals surface area (Å²) < 4.78 is 34.6. The highest BCUT2D eigenvalue weighted by molar-refractivity contribution is 5.27. The maximum Gasteiger partial charge on any atom is 0.360 e. The van der Waals surface area contributed by atoms with Crippen molar-refractivity contribution in [3.63, 3.8) is 0 Å². The maximum absolute atomic E-state index is 14.8. The smallest absolute Gasteiger partial charge is 0.315 e. The lowest BCUT2D eigenvalue weighted by molar-refractivity contribution is -0.244. The third kappa shape index (κ3) is 10.9. The molecule has 0 atom stereocenters. The molecule has 0 saturated heterocycles. The molecule has 4 rings (SSSR count). The normalized spacial score (nSPS) is 23.4. The van der Waals surface area contributed by atoms with Gasteiger partial charge in [0.2, 0.25) is 0 Å². The van der Waals surface area contributed by atoms with Crippen LogP contribution in [0, 0.1) is 11.8 Å². The van der Waals surface area contributed by atoms with Crippen LogP contribution in [0.3, 0.4) is 0 Å². The van der Waals surface area contributed by atoms with Crippen LogP contribution in [0.4, 0.5) is 8.78 Å². The molecule has 0 N–H and O–H groups in total. The standard InChI is InChI=1S/C39H56F2O/c1-3-5-7-8-10-12-32-15-23-35(24-16-32)37-25-17-33(18-26-37)29-39(40,41)42-30-34-19-27-38(28-20-34)36-21-13-31(14-22-36)11-9-6-4-2/h4,6,17-20,25-28,31-32,35-36H,3,5,7-16,21-24,29-30H2,1-2H3/b6-4+. The first-order valence-electron chi connectivity index (χ1n) is 17.3. The summed E-state index contributed by atoms with van der Waals surface area (Å²) in [5.74, 6) is 2.90. The zero-order chi connectivity index (χ0) is 29.6. The minimum atomic E-state index is -3.18. The summed E-state index contributed by atoms with van der Waals surface area (Å²) in [6, 6.07) is 16.1. The molecule has 0 bridgehead atoms. The quantitative estimate of drug-likeness (QED) is 0.142. The second kappa shape index (κ2) is 17.3. The van der Waals surface area contributed by atoms with Gasteiger partial charge in [0, 0.05) is 0 Å². The van der Waals surface area contributed by atoms with Gasteiger partial charge in [0.15, 0.2) is 0 Å². The van der Waals surface area contributed by atoms with Gasteiger partial charge in [0.25, 0.3) is 0 Å². The largest absolute Gasteiger partial charge is 0.360 e. The van der Waals surface area contributed by atoms with Crippen LogP contribution in [0.2, 0.25) is 0 Å². The number of hydrogen-bond donors (Lipinski definition) is 0. The summed E-state index contributed by atoms with van der Waals surface area (Å²) >= 11 is 0. The van der Waals surface area contributed by atoms with Gasteiger partial charge in [-0.1, -0.05) is 106 Å². The van der Waals surface area contributed by atoms with Gasteiger partial charge >= 0.3 is 6.11 Å². The lowest BCUT2D eigenvalue weighted by Gasteiger charge is -2.29. The molecule has 232 valence electrons. The van der Waals surface area contributed by atoms with Gasteiger partial charge in [-0.15, -0.1) is 0 Å². The molecule has 2 aromatic carbocycles. The third-order valence-corrected chi connectivity index (χ3v) is 10.1. The molecular weight excluding hydrogens is 522 g/mol. The first-order chi connectivity index (χ1) is 20.5. The molecule has 0 radical (unpaired) electrons. The number of allylic oxidation sites excluding steroid dienone is 2. The molecule has 0 heterocycles. The molecule has 0 aromatic heterocycles. The summed E-state index contributed by atoms with van der Waals surface area (Å²) in [6.45, 7) is 4.30. The second-order valence-corrected chi connectivity index (χ2v) is 13.4. The van der Waals surface area contributed by atoms with E-state index in [1.54, 1.807) is 0 Å². The second-order valence-electron chi connectivity index (χ2n) is 13.4. The zero-order valence-electron chi connectivity index (χ0n) is 26.5. The molecule has 2 fully saturated rings. The average molecular weight is 579 g/mol. The Bertz CT molecular complexity index is 1030. The summed E-state index contributed by atoms with van der Waals surface area (Å²) in [7, 11) is 0. The van der Waals surface area contributed by atoms with E-state index in [2.05, 4.69) is 50.3 Å². The lowest BCUT2D eigenvalue weighted by atomic mass is 9.77. The van der Waals surface area contributed by atoms with Gasteiger partial charge in [-0.25, -0.2) is 0 Å². The molecule has 1 nitrogen and oxygen atoms in total. The minimum Gasteiger partial charge on any atom is -0.315 e. The van der Waals surface area contributed by atoms with Crippen molar-refractivity contribution < 1.29 is 13.5 Å². The molecule has 2 aromatic rings. The summed E-state index contributed by atoms with van der Waals surface area (Å²) in [5, 5.41) is 0. The Morgan fingerprint density at radius 3 is 1.76 bits per heavy atom. The SMILES string of the molecule is C/C=C/CCC1CCC(c2ccc(COC(F)(F)Cc3ccc(C4CCC(CCCCCCC)CC4)cc3)cc2)CC1. The Labute approximate surface area is 255 Å². The fourth-order valence-corrected chi connectivity index (χ4v) is 7.38. The number of alkyl halides is 2. The van der Waals surface area contributed by atoms with Crippen molar-refractivity contribution >= 4 is 0 Å². The Morgan fingerprint density at radius 1 is 0.690 bits per heavy atom. The molecule has 42 heavy (non-hydrogen) atoms. The van der Waals surface area contributed by atoms with E-state index in [0.717, 1.165) is 17.4 Å². The highest BCUT2D eigenvalue weighted by Gasteiger charge is 2.31. The highest BCUT2D eigenvalue weighted by Crippen LogP contribution is 2.39. The third-order valence-electron chi connectivity index (χ3n) is 10.1. The number of unbranched alkanes of at least 4 members (excludes halogenated alkanes) is 4. The van der Waals surface area contributed by atoms with E-state index in [1.807, 2.05) is 24.3 Å². The lowest BCUT2D eigenvalue weighted by Crippen LogP contribution is -2.23. The monoisotopic (exact) mass is 578 g/mol. The maximum atomic E-state index is 14.8. The molecular formula is C39H56F2O. The van der Waals surface area contributed by atoms with Gasteiger partial charge in [0.1, 0.15) is 0 Å². The van der Waals surface area contributed by atoms with Crippen molar-refractivity contribution in [1.82, 2.24) is 0 Å². The van der Waals surface area contributed by atoms with Crippen molar-refractivity contribution in [2.45, 2.75) is 148 Å². The Hall–Kier alpha value is -2.00. The van der Waals surface area contributed by atoms with Gasteiger partial charge < -0.3 is 4.74 Å². The molecule has 0 aliphatic heterocycles. The van der Waals surface area contributed by atoms with E-state index in [4.69, 9.17) is 4.74 Å². The predicted molar refractivity (Wildman–Crippen MR) is 173 cm³/mol. The molecule has 2 aliphatic carbocycles. The summed E-state index contributed by atoms with van der Waals surface area (Å²) in [5.41, 5.74) is 4.10. The first-order valence-corrected chi connectivity index (χ1v) is 17.3. The number of halogens is 2. The van der Waals surface area contributed by atoms with Crippen LogP contribution in [0.1, 0.15) is 151 Å². The Morgan fingerprint density at radius 2 is 1.21 bits per heavy atom. The molecule has 0 amide bonds. The molecule has 0 unspecified atom stereocenters. The minimum absolute atomic E-state index is 0.0646. The Balaban J connectivity index is 1.16. The number of ether oxygens (including phenoxy) is 1. The van der Waals surface area contributed by atoms with Crippen molar-refractivity contribution in [2.75, 3.05) is 0 Å². The van der Waals surface area contributed by atoms with E-state index in [0.29, 0.717) is 17.4 Å². The molecule has 2 saturated carbocycles. The summed E-state index contributed by atoms with van der Waals surface area (Å²) in [6.07, 6.45) is 21.7. The van der Waals surface area contributed by atoms with Crippen molar-refractivity contribution in [1.29, 1.82) is 0 Å². The van der Waals surface area contributed by atoms with E-state index in [1.165, 1.54) is 114 Å². The fourth-order valence-electron chi connectivity index (χ4n) is 7.38. The first kappa shape index (κ1) is 32.9. The molecule has 2 aliphatic rings. The van der Waals surface area contributed by atoms with Crippen LogP contribution in [-0.2, 0) is 17.8 Å². The van der Waals surface area contributed by atoms with Gasteiger partial charge in [-0.05, 0) is 117 Å². The van der Waals surface area contributed by atoms with E-state index < -0.39 is 6.11 Å². The number of hydrogen-bond acceptors (Lipinski definition) is 1. The van der Waals surface area contributed by atoms with Crippen LogP contribution < -0.4 is 0 Å². The van der Waals surface area contributed by atoms with Crippen molar-refractivity contribution in [3.8, 4) is 0 Å². The van der Waals surface area contributed by atoms with Crippen LogP contribution in [0.15, 0.2) is 60.7 Å². The van der Waals surface area contributed by atoms with Crippen LogP contribution in [0.25, 0.3) is 0 Å². The zero-order valence-corrected chi connectivity index (χ0v) is 26.5. The molecule has 0 spiro atoms. The molecule has 3 heteroatoms. The summed E-state index contributed by atoms with van der Waals surface area (Å²) in [4.78, 5) is 0. The highest BCUT2D eigenvalue weighted by atomic mass is 19.3. The van der Waals surface area contributed by atoms with E-state index in [-0.39, 0.29) is 13.0 Å². The predicted octanol–water partition coefficient (Wildman–Crippen LogP) is 12.3. The van der Waals surface area contributed by atoms with E-state index >= 15 is 0 Å². The van der Waals surface area contributed by atoms with Crippen LogP contribution in [0.5, 0.6) is 0 Å². The fraction of sp³-hybridized carbons (Fsp3) is 0.641. The van der Waals surface area contributed by atoms with Gasteiger partial charge in [-0.2, -0.15) is 8.78 Å². The van der Waals surface area contributed by atoms with Crippen molar-refractivity contribution in [2.24, 2.45) is 11.8 Å². The van der Waals surface area contributed by atoms with Crippen molar-refractivity contribution in [3.05, 3.63) is 82.9 Å². The number of rotatable bonds is 16.